The fourth-order valence-corrected chi connectivity index (χ4v) is 2.87. The Hall–Kier alpha value is -0.620. The summed E-state index contributed by atoms with van der Waals surface area (Å²) >= 11 is 0. The lowest BCUT2D eigenvalue weighted by Crippen LogP contribution is -2.54. The summed E-state index contributed by atoms with van der Waals surface area (Å²) in [6.07, 6.45) is 12.6. The van der Waals surface area contributed by atoms with Crippen molar-refractivity contribution < 1.29 is 24.8 Å². The minimum Gasteiger partial charge on any atom is -0.499 e. The SMILES string of the molecule is CCCCCCCCCCC/C=C/OC[C@H]1OC[C@H](O)[C@@H](O)[C@@H]1O. The second-order valence-electron chi connectivity index (χ2n) is 6.74. The molecule has 0 aliphatic carbocycles. The zero-order valence-electron chi connectivity index (χ0n) is 15.1. The highest BCUT2D eigenvalue weighted by Gasteiger charge is 2.37. The summed E-state index contributed by atoms with van der Waals surface area (Å²) in [5.41, 5.74) is 0. The van der Waals surface area contributed by atoms with E-state index in [1.807, 2.05) is 6.08 Å². The standard InChI is InChI=1S/C19H36O5/c1-2-3-4-5-6-7-8-9-10-11-12-13-23-15-17-19(22)18(21)16(20)14-24-17/h12-13,16-22H,2-11,14-15H2,1H3/b13-12+/t16-,17+,18+,19+/m0/s1. The summed E-state index contributed by atoms with van der Waals surface area (Å²) in [6.45, 7) is 2.45. The van der Waals surface area contributed by atoms with Crippen LogP contribution in [-0.2, 0) is 9.47 Å². The molecule has 0 bridgehead atoms. The van der Waals surface area contributed by atoms with Crippen LogP contribution in [0.25, 0.3) is 0 Å². The average Bonchev–Trinajstić information content (AvgIpc) is 2.58. The Morgan fingerprint density at radius 3 is 2.21 bits per heavy atom. The van der Waals surface area contributed by atoms with E-state index in [0.717, 1.165) is 6.42 Å². The maximum Gasteiger partial charge on any atom is 0.120 e. The van der Waals surface area contributed by atoms with Crippen LogP contribution in [-0.4, -0.2) is 52.9 Å². The van der Waals surface area contributed by atoms with Crippen LogP contribution in [0.5, 0.6) is 0 Å². The summed E-state index contributed by atoms with van der Waals surface area (Å²) in [6, 6.07) is 0. The van der Waals surface area contributed by atoms with Crippen molar-refractivity contribution in [2.45, 2.75) is 95.5 Å². The van der Waals surface area contributed by atoms with Crippen LogP contribution in [0.15, 0.2) is 12.3 Å². The lowest BCUT2D eigenvalue weighted by molar-refractivity contribution is -0.195. The number of ether oxygens (including phenoxy) is 2. The Balaban J connectivity index is 1.91. The minimum atomic E-state index is -1.17. The molecule has 4 atom stereocenters. The number of hydrogen-bond acceptors (Lipinski definition) is 5. The molecule has 0 unspecified atom stereocenters. The predicted octanol–water partition coefficient (Wildman–Crippen LogP) is 2.92. The molecule has 5 heteroatoms. The van der Waals surface area contributed by atoms with Gasteiger partial charge in [0.2, 0.25) is 0 Å². The van der Waals surface area contributed by atoms with E-state index < -0.39 is 24.4 Å². The van der Waals surface area contributed by atoms with Crippen LogP contribution in [0.4, 0.5) is 0 Å². The van der Waals surface area contributed by atoms with Crippen molar-refractivity contribution in [3.05, 3.63) is 12.3 Å². The first-order valence-corrected chi connectivity index (χ1v) is 9.59. The fraction of sp³-hybridized carbons (Fsp3) is 0.895. The highest BCUT2D eigenvalue weighted by atomic mass is 16.6. The molecule has 0 aromatic carbocycles. The Kier molecular flexibility index (Phi) is 12.2. The van der Waals surface area contributed by atoms with Crippen LogP contribution in [0.3, 0.4) is 0 Å². The maximum absolute atomic E-state index is 9.76. The molecular formula is C19H36O5. The summed E-state index contributed by atoms with van der Waals surface area (Å²) in [5, 5.41) is 28.7. The molecule has 0 saturated carbocycles. The molecule has 142 valence electrons. The van der Waals surface area contributed by atoms with Gasteiger partial charge in [0.25, 0.3) is 0 Å². The molecule has 5 nitrogen and oxygen atoms in total. The molecule has 0 spiro atoms. The second-order valence-corrected chi connectivity index (χ2v) is 6.74. The van der Waals surface area contributed by atoms with E-state index in [1.54, 1.807) is 6.26 Å². The van der Waals surface area contributed by atoms with Gasteiger partial charge in [0.1, 0.15) is 31.0 Å². The summed E-state index contributed by atoms with van der Waals surface area (Å²) < 4.78 is 10.6. The molecule has 0 aromatic rings. The number of aliphatic hydroxyl groups excluding tert-OH is 3. The Morgan fingerprint density at radius 2 is 1.54 bits per heavy atom. The fourth-order valence-electron chi connectivity index (χ4n) is 2.87. The molecule has 3 N–H and O–H groups in total. The molecule has 0 radical (unpaired) electrons. The van der Waals surface area contributed by atoms with Crippen molar-refractivity contribution in [1.29, 1.82) is 0 Å². The first-order chi connectivity index (χ1) is 11.7. The van der Waals surface area contributed by atoms with Gasteiger partial charge < -0.3 is 24.8 Å². The number of rotatable bonds is 13. The van der Waals surface area contributed by atoms with E-state index in [4.69, 9.17) is 9.47 Å². The summed E-state index contributed by atoms with van der Waals surface area (Å²) in [5.74, 6) is 0. The van der Waals surface area contributed by atoms with Crippen molar-refractivity contribution in [3.8, 4) is 0 Å². The smallest absolute Gasteiger partial charge is 0.120 e. The van der Waals surface area contributed by atoms with Gasteiger partial charge in [-0.1, -0.05) is 58.3 Å². The van der Waals surface area contributed by atoms with E-state index in [1.165, 1.54) is 57.8 Å². The van der Waals surface area contributed by atoms with Crippen molar-refractivity contribution >= 4 is 0 Å². The van der Waals surface area contributed by atoms with Crippen molar-refractivity contribution in [3.63, 3.8) is 0 Å². The Morgan fingerprint density at radius 1 is 0.917 bits per heavy atom. The third kappa shape index (κ3) is 9.02. The number of aliphatic hydroxyl groups is 3. The molecule has 1 saturated heterocycles. The number of allylic oxidation sites excluding steroid dienone is 1. The van der Waals surface area contributed by atoms with Gasteiger partial charge in [-0.2, -0.15) is 0 Å². The largest absolute Gasteiger partial charge is 0.499 e. The van der Waals surface area contributed by atoms with Gasteiger partial charge in [0.15, 0.2) is 0 Å². The van der Waals surface area contributed by atoms with Gasteiger partial charge in [-0.05, 0) is 18.9 Å². The summed E-state index contributed by atoms with van der Waals surface area (Å²) in [4.78, 5) is 0. The highest BCUT2D eigenvalue weighted by Crippen LogP contribution is 2.16. The highest BCUT2D eigenvalue weighted by molar-refractivity contribution is 4.87. The van der Waals surface area contributed by atoms with Gasteiger partial charge in [-0.25, -0.2) is 0 Å². The van der Waals surface area contributed by atoms with Gasteiger partial charge in [0, 0.05) is 0 Å². The van der Waals surface area contributed by atoms with Gasteiger partial charge in [0.05, 0.1) is 12.9 Å². The monoisotopic (exact) mass is 344 g/mol. The van der Waals surface area contributed by atoms with E-state index in [-0.39, 0.29) is 13.2 Å². The predicted molar refractivity (Wildman–Crippen MR) is 94.7 cm³/mol. The topological polar surface area (TPSA) is 79.2 Å². The second kappa shape index (κ2) is 13.6. The first-order valence-electron chi connectivity index (χ1n) is 9.59. The Bertz CT molecular complexity index is 321. The first kappa shape index (κ1) is 21.4. The molecule has 24 heavy (non-hydrogen) atoms. The number of hydrogen-bond donors (Lipinski definition) is 3. The molecule has 1 aliphatic rings. The third-order valence-electron chi connectivity index (χ3n) is 4.53. The lowest BCUT2D eigenvalue weighted by Gasteiger charge is -2.34. The quantitative estimate of drug-likeness (QED) is 0.354. The van der Waals surface area contributed by atoms with E-state index >= 15 is 0 Å². The van der Waals surface area contributed by atoms with Gasteiger partial charge in [-0.3, -0.25) is 0 Å². The van der Waals surface area contributed by atoms with Crippen molar-refractivity contribution in [2.24, 2.45) is 0 Å². The van der Waals surface area contributed by atoms with Crippen LogP contribution in [0.1, 0.15) is 71.1 Å². The van der Waals surface area contributed by atoms with Crippen molar-refractivity contribution in [2.75, 3.05) is 13.2 Å². The molecule has 0 amide bonds. The molecule has 0 aromatic heterocycles. The average molecular weight is 344 g/mol. The minimum absolute atomic E-state index is 0.0222. The molecule has 1 aliphatic heterocycles. The molecular weight excluding hydrogens is 308 g/mol. The molecule has 1 fully saturated rings. The number of unbranched alkanes of at least 4 members (excludes halogenated alkanes) is 9. The normalized spacial score (nSPS) is 27.7. The van der Waals surface area contributed by atoms with Crippen LogP contribution in [0, 0.1) is 0 Å². The lowest BCUT2D eigenvalue weighted by atomic mass is 10.0. The van der Waals surface area contributed by atoms with E-state index in [2.05, 4.69) is 6.92 Å². The Labute approximate surface area is 146 Å². The van der Waals surface area contributed by atoms with E-state index in [0.29, 0.717) is 0 Å². The zero-order chi connectivity index (χ0) is 17.6. The van der Waals surface area contributed by atoms with Gasteiger partial charge in [-0.15, -0.1) is 0 Å². The third-order valence-corrected chi connectivity index (χ3v) is 4.53. The van der Waals surface area contributed by atoms with Gasteiger partial charge >= 0.3 is 0 Å². The van der Waals surface area contributed by atoms with Crippen LogP contribution in [0.2, 0.25) is 0 Å². The molecule has 1 rings (SSSR count). The zero-order valence-corrected chi connectivity index (χ0v) is 15.1. The molecule has 1 heterocycles. The van der Waals surface area contributed by atoms with E-state index in [9.17, 15) is 15.3 Å². The maximum atomic E-state index is 9.76. The van der Waals surface area contributed by atoms with Crippen LogP contribution < -0.4 is 0 Å². The van der Waals surface area contributed by atoms with Crippen molar-refractivity contribution in [1.82, 2.24) is 0 Å². The van der Waals surface area contributed by atoms with Crippen LogP contribution >= 0.6 is 0 Å². The summed E-state index contributed by atoms with van der Waals surface area (Å²) in [7, 11) is 0.